The van der Waals surface area contributed by atoms with Gasteiger partial charge in [0.1, 0.15) is 11.5 Å². The molecule has 0 fully saturated rings. The van der Waals surface area contributed by atoms with Crippen LogP contribution in [0.4, 0.5) is 0 Å². The van der Waals surface area contributed by atoms with Gasteiger partial charge in [0.05, 0.1) is 12.2 Å². The van der Waals surface area contributed by atoms with Gasteiger partial charge in [-0.1, -0.05) is 18.2 Å². The Morgan fingerprint density at radius 3 is 2.55 bits per heavy atom. The van der Waals surface area contributed by atoms with Gasteiger partial charge in [0.25, 0.3) is 0 Å². The third-order valence-corrected chi connectivity index (χ3v) is 2.92. The fraction of sp³-hybridized carbons (Fsp3) is 0.188. The molecule has 2 rings (SSSR count). The number of phenols is 1. The van der Waals surface area contributed by atoms with Crippen molar-refractivity contribution in [3.05, 3.63) is 59.7 Å². The van der Waals surface area contributed by atoms with E-state index in [0.29, 0.717) is 25.0 Å². The molecule has 0 amide bonds. The molecule has 0 radical (unpaired) electrons. The first kappa shape index (κ1) is 13.9. The molecular formula is C16H16O4. The largest absolute Gasteiger partial charge is 0.508 e. The molecule has 0 saturated heterocycles. The highest BCUT2D eigenvalue weighted by Crippen LogP contribution is 2.18. The molecule has 4 heteroatoms. The first-order valence-corrected chi connectivity index (χ1v) is 6.40. The van der Waals surface area contributed by atoms with Crippen LogP contribution in [0, 0.1) is 0 Å². The van der Waals surface area contributed by atoms with Crippen molar-refractivity contribution >= 4 is 5.97 Å². The van der Waals surface area contributed by atoms with Gasteiger partial charge in [-0.2, -0.15) is 0 Å². The number of para-hydroxylation sites is 1. The summed E-state index contributed by atoms with van der Waals surface area (Å²) in [4.78, 5) is 11.1. The Bertz CT molecular complexity index is 578. The second-order valence-corrected chi connectivity index (χ2v) is 4.41. The van der Waals surface area contributed by atoms with Gasteiger partial charge in [-0.3, -0.25) is 0 Å². The Kier molecular flexibility index (Phi) is 4.60. The van der Waals surface area contributed by atoms with Crippen LogP contribution in [-0.2, 0) is 6.42 Å². The number of phenolic OH excluding ortho intramolecular Hbond substituents is 1. The predicted octanol–water partition coefficient (Wildman–Crippen LogP) is 3.10. The first-order valence-electron chi connectivity index (χ1n) is 6.40. The lowest BCUT2D eigenvalue weighted by Crippen LogP contribution is -2.05. The number of carboxylic acids is 1. The average Bonchev–Trinajstić information content (AvgIpc) is 2.44. The van der Waals surface area contributed by atoms with Gasteiger partial charge in [-0.15, -0.1) is 0 Å². The molecule has 0 aliphatic rings. The van der Waals surface area contributed by atoms with Crippen molar-refractivity contribution in [2.75, 3.05) is 6.61 Å². The summed E-state index contributed by atoms with van der Waals surface area (Å²) in [5.74, 6) is -0.111. The summed E-state index contributed by atoms with van der Waals surface area (Å²) in [5.41, 5.74) is 0.844. The van der Waals surface area contributed by atoms with E-state index < -0.39 is 5.97 Å². The summed E-state index contributed by atoms with van der Waals surface area (Å²) < 4.78 is 5.55. The Labute approximate surface area is 117 Å². The SMILES string of the molecule is O=C(O)c1ccc(O)cc1CCCOc1ccccc1. The topological polar surface area (TPSA) is 66.8 Å². The molecule has 0 atom stereocenters. The number of aromatic hydroxyl groups is 1. The summed E-state index contributed by atoms with van der Waals surface area (Å²) >= 11 is 0. The molecule has 104 valence electrons. The van der Waals surface area contributed by atoms with Gasteiger partial charge in [0.2, 0.25) is 0 Å². The van der Waals surface area contributed by atoms with Crippen molar-refractivity contribution in [1.82, 2.24) is 0 Å². The highest BCUT2D eigenvalue weighted by Gasteiger charge is 2.10. The van der Waals surface area contributed by atoms with Crippen LogP contribution in [0.1, 0.15) is 22.3 Å². The average molecular weight is 272 g/mol. The predicted molar refractivity (Wildman–Crippen MR) is 75.3 cm³/mol. The molecule has 4 nitrogen and oxygen atoms in total. The molecule has 0 heterocycles. The summed E-state index contributed by atoms with van der Waals surface area (Å²) in [6.07, 6.45) is 1.22. The van der Waals surface area contributed by atoms with Crippen LogP contribution in [0.3, 0.4) is 0 Å². The number of aromatic carboxylic acids is 1. The number of aryl methyl sites for hydroxylation is 1. The second kappa shape index (κ2) is 6.61. The molecule has 0 unspecified atom stereocenters. The van der Waals surface area contributed by atoms with Gasteiger partial charge in [-0.25, -0.2) is 4.79 Å². The number of hydrogen-bond acceptors (Lipinski definition) is 3. The van der Waals surface area contributed by atoms with Crippen LogP contribution in [0.2, 0.25) is 0 Å². The number of hydrogen-bond donors (Lipinski definition) is 2. The Morgan fingerprint density at radius 1 is 1.10 bits per heavy atom. The Hall–Kier alpha value is -2.49. The fourth-order valence-electron chi connectivity index (χ4n) is 1.96. The van der Waals surface area contributed by atoms with Gasteiger partial charge in [0, 0.05) is 0 Å². The lowest BCUT2D eigenvalue weighted by molar-refractivity contribution is 0.0695. The molecule has 2 N–H and O–H groups in total. The van der Waals surface area contributed by atoms with Gasteiger partial charge in [0.15, 0.2) is 0 Å². The molecule has 2 aromatic carbocycles. The lowest BCUT2D eigenvalue weighted by Gasteiger charge is -2.08. The van der Waals surface area contributed by atoms with E-state index in [-0.39, 0.29) is 11.3 Å². The third kappa shape index (κ3) is 3.75. The number of carbonyl (C=O) groups is 1. The summed E-state index contributed by atoms with van der Waals surface area (Å²) in [6.45, 7) is 0.499. The number of carboxylic acid groups (broad SMARTS) is 1. The van der Waals surface area contributed by atoms with Crippen LogP contribution < -0.4 is 4.74 Å². The fourth-order valence-corrected chi connectivity index (χ4v) is 1.96. The zero-order valence-electron chi connectivity index (χ0n) is 11.0. The minimum Gasteiger partial charge on any atom is -0.508 e. The minimum absolute atomic E-state index is 0.0778. The van der Waals surface area contributed by atoms with Crippen molar-refractivity contribution in [3.63, 3.8) is 0 Å². The zero-order valence-corrected chi connectivity index (χ0v) is 11.0. The van der Waals surface area contributed by atoms with Crippen molar-refractivity contribution in [3.8, 4) is 11.5 Å². The normalized spacial score (nSPS) is 10.2. The second-order valence-electron chi connectivity index (χ2n) is 4.41. The van der Waals surface area contributed by atoms with Crippen molar-refractivity contribution < 1.29 is 19.7 Å². The smallest absolute Gasteiger partial charge is 0.335 e. The van der Waals surface area contributed by atoms with Crippen LogP contribution in [-0.4, -0.2) is 22.8 Å². The van der Waals surface area contributed by atoms with Crippen LogP contribution in [0.5, 0.6) is 11.5 Å². The molecule has 0 aliphatic carbocycles. The molecule has 0 bridgehead atoms. The van der Waals surface area contributed by atoms with Crippen molar-refractivity contribution in [2.24, 2.45) is 0 Å². The van der Waals surface area contributed by atoms with Gasteiger partial charge in [-0.05, 0) is 48.7 Å². The van der Waals surface area contributed by atoms with E-state index in [9.17, 15) is 9.90 Å². The summed E-state index contributed by atoms with van der Waals surface area (Å²) in [5, 5.41) is 18.5. The maximum absolute atomic E-state index is 11.1. The van der Waals surface area contributed by atoms with E-state index >= 15 is 0 Å². The summed E-state index contributed by atoms with van der Waals surface area (Å²) in [7, 11) is 0. The van der Waals surface area contributed by atoms with Crippen LogP contribution in [0.15, 0.2) is 48.5 Å². The molecule has 0 saturated carbocycles. The zero-order chi connectivity index (χ0) is 14.4. The van der Waals surface area contributed by atoms with E-state index in [1.54, 1.807) is 0 Å². The highest BCUT2D eigenvalue weighted by molar-refractivity contribution is 5.89. The number of benzene rings is 2. The number of rotatable bonds is 6. The van der Waals surface area contributed by atoms with Crippen molar-refractivity contribution in [2.45, 2.75) is 12.8 Å². The Balaban J connectivity index is 1.91. The van der Waals surface area contributed by atoms with E-state index in [1.165, 1.54) is 18.2 Å². The third-order valence-electron chi connectivity index (χ3n) is 2.92. The standard InChI is InChI=1S/C16H16O4/c17-13-8-9-15(16(18)19)12(11-13)5-4-10-20-14-6-2-1-3-7-14/h1-3,6-9,11,17H,4-5,10H2,(H,18,19). The van der Waals surface area contributed by atoms with Gasteiger partial charge < -0.3 is 14.9 Å². The van der Waals surface area contributed by atoms with E-state index in [1.807, 2.05) is 30.3 Å². The lowest BCUT2D eigenvalue weighted by atomic mass is 10.0. The van der Waals surface area contributed by atoms with E-state index in [4.69, 9.17) is 9.84 Å². The maximum atomic E-state index is 11.1. The maximum Gasteiger partial charge on any atom is 0.335 e. The van der Waals surface area contributed by atoms with E-state index in [0.717, 1.165) is 5.75 Å². The van der Waals surface area contributed by atoms with Gasteiger partial charge >= 0.3 is 5.97 Å². The Morgan fingerprint density at radius 2 is 1.85 bits per heavy atom. The van der Waals surface area contributed by atoms with E-state index in [2.05, 4.69) is 0 Å². The molecular weight excluding hydrogens is 256 g/mol. The monoisotopic (exact) mass is 272 g/mol. The highest BCUT2D eigenvalue weighted by atomic mass is 16.5. The summed E-state index contributed by atoms with van der Waals surface area (Å²) in [6, 6.07) is 13.7. The van der Waals surface area contributed by atoms with Crippen molar-refractivity contribution in [1.29, 1.82) is 0 Å². The molecule has 20 heavy (non-hydrogen) atoms. The molecule has 0 aromatic heterocycles. The molecule has 0 spiro atoms. The quantitative estimate of drug-likeness (QED) is 0.793. The van der Waals surface area contributed by atoms with Crippen LogP contribution >= 0.6 is 0 Å². The minimum atomic E-state index is -0.982. The number of ether oxygens (including phenoxy) is 1. The molecule has 0 aliphatic heterocycles. The first-order chi connectivity index (χ1) is 9.66. The van der Waals surface area contributed by atoms with Crippen LogP contribution in [0.25, 0.3) is 0 Å². The molecule has 2 aromatic rings.